The number of hydrogen-bond donors (Lipinski definition) is 1. The maximum atomic E-state index is 12.2. The van der Waals surface area contributed by atoms with Crippen LogP contribution in [0.5, 0.6) is 0 Å². The van der Waals surface area contributed by atoms with Crippen LogP contribution < -0.4 is 0 Å². The van der Waals surface area contributed by atoms with Crippen LogP contribution in [-0.4, -0.2) is 15.9 Å². The molecule has 267 valence electrons. The molecule has 1 radical (unpaired) electrons. The number of allylic oxidation sites excluding steroid dienone is 2. The molecule has 0 saturated heterocycles. The molecule has 50 heavy (non-hydrogen) atoms. The number of hydrogen-bond acceptors (Lipinski definition) is 5. The first kappa shape index (κ1) is 39.5. The molecule has 0 bridgehead atoms. The van der Waals surface area contributed by atoms with E-state index >= 15 is 0 Å². The number of aromatic nitrogens is 1. The summed E-state index contributed by atoms with van der Waals surface area (Å²) in [6, 6.07) is 21.1. The molecule has 1 N–H and O–H groups in total. The van der Waals surface area contributed by atoms with Gasteiger partial charge in [0.15, 0.2) is 5.78 Å². The number of rotatable bonds is 8. The number of fused-ring (bicyclic) bond motifs is 5. The quantitative estimate of drug-likeness (QED) is 0.0940. The van der Waals surface area contributed by atoms with E-state index in [1.165, 1.54) is 48.1 Å². The largest absolute Gasteiger partial charge is 0.512 e. The Morgan fingerprint density at radius 1 is 0.860 bits per heavy atom. The minimum atomic E-state index is -0.337. The molecule has 0 saturated carbocycles. The second kappa shape index (κ2) is 15.1. The zero-order valence-electron chi connectivity index (χ0n) is 31.6. The average Bonchev–Trinajstić information content (AvgIpc) is 3.60. The van der Waals surface area contributed by atoms with Crippen molar-refractivity contribution in [2.75, 3.05) is 0 Å². The molecule has 0 atom stereocenters. The van der Waals surface area contributed by atoms with Crippen molar-refractivity contribution in [3.05, 3.63) is 89.5 Å². The molecule has 0 unspecified atom stereocenters. The molecule has 0 fully saturated rings. The molecule has 0 aliphatic carbocycles. The van der Waals surface area contributed by atoms with E-state index in [-0.39, 0.29) is 47.9 Å². The Morgan fingerprint density at radius 3 is 2.12 bits per heavy atom. The standard InChI is InChI=1S/C29H24NOS.C15H28O2.Ir/c1-16-17(2)31-25-14-23-21-10-11-30-27(28(21)32-26(23)15-22(16)25)19-12-18-8-6-7-9-20(18)24(13-19)29(3,4)5;1-7-14(5,8-2)12(16)11-13(17)15(6,9-3)10-4;/h6-11,13-15H,1-5H3;11,16H,7-10H2,1-6H3;/q-1;;/b;12-11-;. The maximum Gasteiger partial charge on any atom is 0.164 e. The summed E-state index contributed by atoms with van der Waals surface area (Å²) in [4.78, 5) is 17.0. The van der Waals surface area contributed by atoms with Gasteiger partial charge in [0, 0.05) is 69.1 Å². The average molecular weight is 867 g/mol. The van der Waals surface area contributed by atoms with E-state index in [0.717, 1.165) is 53.7 Å². The van der Waals surface area contributed by atoms with Crippen molar-refractivity contribution in [1.82, 2.24) is 4.98 Å². The molecule has 6 aromatic rings. The van der Waals surface area contributed by atoms with Crippen LogP contribution in [0.25, 0.3) is 53.2 Å². The zero-order valence-corrected chi connectivity index (χ0v) is 34.8. The number of furan rings is 1. The third kappa shape index (κ3) is 7.36. The van der Waals surface area contributed by atoms with Crippen molar-refractivity contribution < 1.29 is 34.4 Å². The van der Waals surface area contributed by atoms with Crippen LogP contribution in [0.2, 0.25) is 0 Å². The molecule has 0 amide bonds. The second-order valence-electron chi connectivity index (χ2n) is 15.1. The van der Waals surface area contributed by atoms with Gasteiger partial charge in [-0.05, 0) is 74.1 Å². The van der Waals surface area contributed by atoms with E-state index in [9.17, 15) is 9.90 Å². The fourth-order valence-corrected chi connectivity index (χ4v) is 7.61. The van der Waals surface area contributed by atoms with Gasteiger partial charge in [-0.1, -0.05) is 91.5 Å². The van der Waals surface area contributed by atoms with Gasteiger partial charge in [-0.3, -0.25) is 9.78 Å². The Labute approximate surface area is 315 Å². The van der Waals surface area contributed by atoms with Crippen molar-refractivity contribution in [3.8, 4) is 11.3 Å². The molecule has 0 aliphatic rings. The summed E-state index contributed by atoms with van der Waals surface area (Å²) in [6.45, 7) is 23.1. The molecule has 3 aromatic heterocycles. The number of aliphatic hydroxyl groups is 1. The zero-order chi connectivity index (χ0) is 35.9. The van der Waals surface area contributed by atoms with E-state index in [2.05, 4.69) is 82.3 Å². The fourth-order valence-electron chi connectivity index (χ4n) is 6.39. The van der Waals surface area contributed by atoms with Crippen molar-refractivity contribution in [3.63, 3.8) is 0 Å². The summed E-state index contributed by atoms with van der Waals surface area (Å²) >= 11 is 1.81. The summed E-state index contributed by atoms with van der Waals surface area (Å²) in [6.07, 6.45) is 6.68. The predicted octanol–water partition coefficient (Wildman–Crippen LogP) is 13.4. The van der Waals surface area contributed by atoms with E-state index in [1.807, 2.05) is 66.0 Å². The van der Waals surface area contributed by atoms with Gasteiger partial charge >= 0.3 is 0 Å². The minimum absolute atomic E-state index is 0. The van der Waals surface area contributed by atoms with E-state index < -0.39 is 0 Å². The molecule has 4 nitrogen and oxygen atoms in total. The molecule has 3 heterocycles. The fraction of sp³-hybridized carbons (Fsp3) is 0.409. The number of nitrogens with zero attached hydrogens (tertiary/aromatic N) is 1. The number of ketones is 1. The van der Waals surface area contributed by atoms with Gasteiger partial charge in [0.25, 0.3) is 0 Å². The summed E-state index contributed by atoms with van der Waals surface area (Å²) in [5.41, 5.74) is 4.98. The number of carbonyl (C=O) groups is 1. The number of thiophene rings is 1. The van der Waals surface area contributed by atoms with Gasteiger partial charge < -0.3 is 9.52 Å². The summed E-state index contributed by atoms with van der Waals surface area (Å²) in [5.74, 6) is 1.28. The second-order valence-corrected chi connectivity index (χ2v) is 16.1. The number of aryl methyl sites for hydroxylation is 2. The van der Waals surface area contributed by atoms with Crippen LogP contribution in [0.1, 0.15) is 105 Å². The topological polar surface area (TPSA) is 63.3 Å². The Hall–Kier alpha value is -3.31. The molecule has 6 heteroatoms. The van der Waals surface area contributed by atoms with E-state index in [0.29, 0.717) is 0 Å². The molecule has 0 spiro atoms. The maximum absolute atomic E-state index is 12.2. The normalized spacial score (nSPS) is 12.7. The van der Waals surface area contributed by atoms with E-state index in [1.54, 1.807) is 0 Å². The monoisotopic (exact) mass is 867 g/mol. The first-order valence-electron chi connectivity index (χ1n) is 17.7. The first-order valence-corrected chi connectivity index (χ1v) is 18.5. The van der Waals surface area contributed by atoms with Crippen LogP contribution in [0.4, 0.5) is 0 Å². The Balaban J connectivity index is 0.000000269. The first-order chi connectivity index (χ1) is 23.1. The number of pyridine rings is 1. The van der Waals surface area contributed by atoms with Gasteiger partial charge in [-0.2, -0.15) is 0 Å². The van der Waals surface area contributed by atoms with Crippen molar-refractivity contribution in [1.29, 1.82) is 0 Å². The van der Waals surface area contributed by atoms with Gasteiger partial charge in [0.05, 0.1) is 0 Å². The molecule has 3 aromatic carbocycles. The Morgan fingerprint density at radius 2 is 1.50 bits per heavy atom. The smallest absolute Gasteiger partial charge is 0.164 e. The number of carbonyl (C=O) groups excluding carboxylic acids is 1. The summed E-state index contributed by atoms with van der Waals surface area (Å²) in [7, 11) is 0. The van der Waals surface area contributed by atoms with Gasteiger partial charge in [0.2, 0.25) is 0 Å². The number of benzene rings is 3. The van der Waals surface area contributed by atoms with Crippen LogP contribution in [0.3, 0.4) is 0 Å². The SMILES string of the molecule is CCC(C)(CC)C(=O)/C=C(\O)C(C)(CC)CC.Cc1oc2cc3c(cc2c1C)sc1c(-c2[c-]c4ccccc4c(C(C)(C)C)c2)nccc13.[Ir]. The predicted molar refractivity (Wildman–Crippen MR) is 210 cm³/mol. The summed E-state index contributed by atoms with van der Waals surface area (Å²) in [5, 5.41) is 16.2. The molecular formula is C44H52IrNO3S-. The molecular weight excluding hydrogens is 815 g/mol. The van der Waals surface area contributed by atoms with Crippen LogP contribution in [-0.2, 0) is 30.3 Å². The van der Waals surface area contributed by atoms with Crippen molar-refractivity contribution >= 4 is 59.0 Å². The van der Waals surface area contributed by atoms with Gasteiger partial charge in [-0.15, -0.1) is 40.5 Å². The van der Waals surface area contributed by atoms with Gasteiger partial charge in [0.1, 0.15) is 17.1 Å². The van der Waals surface area contributed by atoms with Crippen LogP contribution >= 0.6 is 11.3 Å². The Bertz CT molecular complexity index is 2190. The summed E-state index contributed by atoms with van der Waals surface area (Å²) < 4.78 is 8.49. The van der Waals surface area contributed by atoms with Crippen LogP contribution in [0, 0.1) is 30.7 Å². The third-order valence-electron chi connectivity index (χ3n) is 11.1. The molecule has 6 rings (SSSR count). The van der Waals surface area contributed by atoms with E-state index in [4.69, 9.17) is 9.40 Å². The minimum Gasteiger partial charge on any atom is -0.512 e. The van der Waals surface area contributed by atoms with Crippen molar-refractivity contribution in [2.24, 2.45) is 10.8 Å². The Kier molecular flexibility index (Phi) is 11.9. The van der Waals surface area contributed by atoms with Crippen molar-refractivity contribution in [2.45, 2.75) is 107 Å². The van der Waals surface area contributed by atoms with Crippen LogP contribution in [0.15, 0.2) is 71.0 Å². The number of aliphatic hydroxyl groups excluding tert-OH is 1. The van der Waals surface area contributed by atoms with Gasteiger partial charge in [-0.25, -0.2) is 0 Å². The molecule has 0 aliphatic heterocycles. The third-order valence-corrected chi connectivity index (χ3v) is 12.3.